The van der Waals surface area contributed by atoms with Gasteiger partial charge < -0.3 is 10.2 Å². The van der Waals surface area contributed by atoms with Gasteiger partial charge in [0.1, 0.15) is 5.82 Å². The van der Waals surface area contributed by atoms with Gasteiger partial charge in [0.2, 0.25) is 10.0 Å². The Morgan fingerprint density at radius 2 is 1.87 bits per heavy atom. The maximum Gasteiger partial charge on any atom is 0.317 e. The van der Waals surface area contributed by atoms with Crippen LogP contribution in [0.15, 0.2) is 24.3 Å². The zero-order valence-corrected chi connectivity index (χ0v) is 14.1. The van der Waals surface area contributed by atoms with E-state index in [4.69, 9.17) is 0 Å². The van der Waals surface area contributed by atoms with Gasteiger partial charge in [-0.15, -0.1) is 0 Å². The fourth-order valence-corrected chi connectivity index (χ4v) is 3.43. The Bertz CT molecular complexity index is 640. The molecule has 0 spiro atoms. The molecule has 0 saturated carbocycles. The molecule has 8 heteroatoms. The lowest BCUT2D eigenvalue weighted by atomic mass is 10.1. The maximum atomic E-state index is 12.9. The SMILES string of the molecule is CN(Cc1ccc(F)cc1)C(=O)NC1CCN(S(C)(=O)=O)CC1. The van der Waals surface area contributed by atoms with Crippen molar-refractivity contribution in [1.82, 2.24) is 14.5 Å². The van der Waals surface area contributed by atoms with Crippen molar-refractivity contribution in [2.24, 2.45) is 0 Å². The number of sulfonamides is 1. The number of hydrogen-bond acceptors (Lipinski definition) is 3. The Kier molecular flexibility index (Phi) is 5.59. The molecule has 23 heavy (non-hydrogen) atoms. The molecule has 1 fully saturated rings. The molecule has 1 aromatic rings. The van der Waals surface area contributed by atoms with Crippen molar-refractivity contribution in [1.29, 1.82) is 0 Å². The molecule has 0 atom stereocenters. The summed E-state index contributed by atoms with van der Waals surface area (Å²) in [5.74, 6) is -0.307. The highest BCUT2D eigenvalue weighted by Crippen LogP contribution is 2.14. The summed E-state index contributed by atoms with van der Waals surface area (Å²) < 4.78 is 37.2. The average molecular weight is 343 g/mol. The monoisotopic (exact) mass is 343 g/mol. The van der Waals surface area contributed by atoms with Gasteiger partial charge in [-0.3, -0.25) is 0 Å². The summed E-state index contributed by atoms with van der Waals surface area (Å²) in [7, 11) is -1.49. The predicted octanol–water partition coefficient (Wildman–Crippen LogP) is 1.39. The van der Waals surface area contributed by atoms with Gasteiger partial charge >= 0.3 is 6.03 Å². The van der Waals surface area contributed by atoms with Gasteiger partial charge in [-0.2, -0.15) is 0 Å². The first-order valence-electron chi connectivity index (χ1n) is 7.47. The second-order valence-electron chi connectivity index (χ2n) is 5.87. The van der Waals surface area contributed by atoms with Crippen molar-refractivity contribution in [3.8, 4) is 0 Å². The molecular formula is C15H22FN3O3S. The zero-order valence-electron chi connectivity index (χ0n) is 13.3. The van der Waals surface area contributed by atoms with Crippen LogP contribution in [0.4, 0.5) is 9.18 Å². The van der Waals surface area contributed by atoms with Gasteiger partial charge in [0.15, 0.2) is 0 Å². The van der Waals surface area contributed by atoms with E-state index < -0.39 is 10.0 Å². The normalized spacial score (nSPS) is 17.0. The summed E-state index contributed by atoms with van der Waals surface area (Å²) in [4.78, 5) is 13.7. The van der Waals surface area contributed by atoms with Gasteiger partial charge in [0.25, 0.3) is 0 Å². The second kappa shape index (κ2) is 7.27. The van der Waals surface area contributed by atoms with E-state index in [1.54, 1.807) is 19.2 Å². The number of carbonyl (C=O) groups is 1. The molecule has 1 heterocycles. The number of piperidine rings is 1. The van der Waals surface area contributed by atoms with E-state index in [0.717, 1.165) is 5.56 Å². The lowest BCUT2D eigenvalue weighted by Gasteiger charge is -2.31. The van der Waals surface area contributed by atoms with Crippen molar-refractivity contribution in [2.45, 2.75) is 25.4 Å². The van der Waals surface area contributed by atoms with Crippen molar-refractivity contribution in [2.75, 3.05) is 26.4 Å². The molecule has 128 valence electrons. The van der Waals surface area contributed by atoms with Crippen LogP contribution in [0.3, 0.4) is 0 Å². The molecular weight excluding hydrogens is 321 g/mol. The Balaban J connectivity index is 1.81. The fraction of sp³-hybridized carbons (Fsp3) is 0.533. The van der Waals surface area contributed by atoms with Crippen molar-refractivity contribution < 1.29 is 17.6 Å². The first-order chi connectivity index (χ1) is 10.8. The minimum Gasteiger partial charge on any atom is -0.335 e. The van der Waals surface area contributed by atoms with Gasteiger partial charge in [0, 0.05) is 32.7 Å². The molecule has 1 aliphatic rings. The smallest absolute Gasteiger partial charge is 0.317 e. The molecule has 1 aromatic carbocycles. The molecule has 1 N–H and O–H groups in total. The third-order valence-corrected chi connectivity index (χ3v) is 5.23. The Morgan fingerprint density at radius 1 is 1.30 bits per heavy atom. The van der Waals surface area contributed by atoms with Gasteiger partial charge in [-0.25, -0.2) is 21.9 Å². The quantitative estimate of drug-likeness (QED) is 0.898. The Labute approximate surface area is 136 Å². The molecule has 0 aromatic heterocycles. The number of benzene rings is 1. The summed E-state index contributed by atoms with van der Waals surface area (Å²) in [6, 6.07) is 5.76. The molecule has 0 radical (unpaired) electrons. The standard InChI is InChI=1S/C15H22FN3O3S/c1-18(11-12-3-5-13(16)6-4-12)15(20)17-14-7-9-19(10-8-14)23(2,21)22/h3-6,14H,7-11H2,1-2H3,(H,17,20). The van der Waals surface area contributed by atoms with Crippen molar-refractivity contribution in [3.05, 3.63) is 35.6 Å². The van der Waals surface area contributed by atoms with Crippen LogP contribution >= 0.6 is 0 Å². The van der Waals surface area contributed by atoms with E-state index in [-0.39, 0.29) is 17.9 Å². The molecule has 2 amide bonds. The molecule has 1 saturated heterocycles. The highest BCUT2D eigenvalue weighted by molar-refractivity contribution is 7.88. The molecule has 2 rings (SSSR count). The third-order valence-electron chi connectivity index (χ3n) is 3.93. The maximum absolute atomic E-state index is 12.9. The lowest BCUT2D eigenvalue weighted by Crippen LogP contribution is -2.49. The van der Waals surface area contributed by atoms with Crippen LogP contribution in [0, 0.1) is 5.82 Å². The van der Waals surface area contributed by atoms with E-state index in [2.05, 4.69) is 5.32 Å². The van der Waals surface area contributed by atoms with Crippen LogP contribution in [0.1, 0.15) is 18.4 Å². The minimum atomic E-state index is -3.16. The van der Waals surface area contributed by atoms with E-state index in [0.29, 0.717) is 32.5 Å². The number of nitrogens with zero attached hydrogens (tertiary/aromatic N) is 2. The second-order valence-corrected chi connectivity index (χ2v) is 7.85. The minimum absolute atomic E-state index is 0.0313. The van der Waals surface area contributed by atoms with Crippen molar-refractivity contribution in [3.63, 3.8) is 0 Å². The van der Waals surface area contributed by atoms with Crippen LogP contribution in [-0.4, -0.2) is 56.1 Å². The van der Waals surface area contributed by atoms with Crippen LogP contribution < -0.4 is 5.32 Å². The summed E-state index contributed by atoms with van der Waals surface area (Å²) >= 11 is 0. The molecule has 1 aliphatic heterocycles. The van der Waals surface area contributed by atoms with Crippen LogP contribution in [0.2, 0.25) is 0 Å². The number of hydrogen-bond donors (Lipinski definition) is 1. The van der Waals surface area contributed by atoms with E-state index >= 15 is 0 Å². The van der Waals surface area contributed by atoms with E-state index in [1.807, 2.05) is 0 Å². The lowest BCUT2D eigenvalue weighted by molar-refractivity contribution is 0.195. The van der Waals surface area contributed by atoms with Crippen LogP contribution in [0.25, 0.3) is 0 Å². The number of carbonyl (C=O) groups excluding carboxylic acids is 1. The number of nitrogens with one attached hydrogen (secondary N) is 1. The highest BCUT2D eigenvalue weighted by Gasteiger charge is 2.26. The number of urea groups is 1. The summed E-state index contributed by atoms with van der Waals surface area (Å²) in [6.45, 7) is 1.23. The molecule has 6 nitrogen and oxygen atoms in total. The Morgan fingerprint density at radius 3 is 2.39 bits per heavy atom. The Hall–Kier alpha value is -1.67. The van der Waals surface area contributed by atoms with E-state index in [1.165, 1.54) is 27.6 Å². The van der Waals surface area contributed by atoms with Crippen molar-refractivity contribution >= 4 is 16.1 Å². The summed E-state index contributed by atoms with van der Waals surface area (Å²) in [5, 5.41) is 2.91. The first-order valence-corrected chi connectivity index (χ1v) is 9.32. The molecule has 0 unspecified atom stereocenters. The number of halogens is 1. The van der Waals surface area contributed by atoms with Crippen LogP contribution in [-0.2, 0) is 16.6 Å². The average Bonchev–Trinajstić information content (AvgIpc) is 2.49. The molecule has 0 aliphatic carbocycles. The highest BCUT2D eigenvalue weighted by atomic mass is 32.2. The zero-order chi connectivity index (χ0) is 17.0. The number of rotatable bonds is 4. The summed E-state index contributed by atoms with van der Waals surface area (Å²) in [6.07, 6.45) is 2.40. The predicted molar refractivity (Wildman–Crippen MR) is 85.8 cm³/mol. The van der Waals surface area contributed by atoms with Gasteiger partial charge in [0.05, 0.1) is 6.26 Å². The van der Waals surface area contributed by atoms with E-state index in [9.17, 15) is 17.6 Å². The van der Waals surface area contributed by atoms with Crippen LogP contribution in [0.5, 0.6) is 0 Å². The largest absolute Gasteiger partial charge is 0.335 e. The topological polar surface area (TPSA) is 69.7 Å². The first kappa shape index (κ1) is 17.7. The summed E-state index contributed by atoms with van der Waals surface area (Å²) in [5.41, 5.74) is 0.843. The third kappa shape index (κ3) is 5.18. The fourth-order valence-electron chi connectivity index (χ4n) is 2.55. The molecule has 0 bridgehead atoms. The number of amides is 2. The van der Waals surface area contributed by atoms with Gasteiger partial charge in [-0.1, -0.05) is 12.1 Å². The van der Waals surface area contributed by atoms with Gasteiger partial charge in [-0.05, 0) is 30.5 Å².